The van der Waals surface area contributed by atoms with Crippen LogP contribution in [0.15, 0.2) is 43.4 Å². The maximum atomic E-state index is 13.2. The van der Waals surface area contributed by atoms with Gasteiger partial charge in [-0.25, -0.2) is 14.6 Å². The number of hydrogen-bond acceptors (Lipinski definition) is 8. The number of ketones is 1. The topological polar surface area (TPSA) is 141 Å². The van der Waals surface area contributed by atoms with E-state index in [1.165, 1.54) is 31.0 Å². The highest BCUT2D eigenvalue weighted by Crippen LogP contribution is 2.27. The number of rotatable bonds is 7. The van der Waals surface area contributed by atoms with Crippen molar-refractivity contribution in [2.75, 3.05) is 11.9 Å². The maximum Gasteiger partial charge on any atom is 0.436 e. The molecule has 0 bridgehead atoms. The fourth-order valence-corrected chi connectivity index (χ4v) is 3.23. The minimum atomic E-state index is -4.67. The number of carbonyl (C=O) groups excluding carboxylic acids is 2. The van der Waals surface area contributed by atoms with E-state index in [4.69, 9.17) is 0 Å². The van der Waals surface area contributed by atoms with Gasteiger partial charge in [0.2, 0.25) is 5.91 Å². The van der Waals surface area contributed by atoms with Crippen molar-refractivity contribution >= 4 is 28.4 Å². The van der Waals surface area contributed by atoms with Crippen LogP contribution in [0.5, 0.6) is 0 Å². The van der Waals surface area contributed by atoms with Gasteiger partial charge in [0.05, 0.1) is 36.3 Å². The van der Waals surface area contributed by atoms with Crippen LogP contribution in [-0.2, 0) is 17.5 Å². The van der Waals surface area contributed by atoms with E-state index >= 15 is 0 Å². The molecule has 4 aromatic heterocycles. The normalized spacial score (nSPS) is 12.6. The monoisotopic (exact) mass is 474 g/mol. The van der Waals surface area contributed by atoms with Crippen LogP contribution in [0.25, 0.3) is 11.0 Å². The first-order chi connectivity index (χ1) is 16.2. The van der Waals surface area contributed by atoms with Crippen molar-refractivity contribution in [2.45, 2.75) is 25.7 Å². The number of aliphatic hydroxyl groups excluding tert-OH is 1. The molecule has 0 aliphatic carbocycles. The molecule has 14 heteroatoms. The molecular weight excluding hydrogens is 457 g/mol. The number of nitrogens with one attached hydrogen (secondary N) is 1. The van der Waals surface area contributed by atoms with E-state index in [0.717, 1.165) is 4.68 Å². The van der Waals surface area contributed by atoms with Gasteiger partial charge >= 0.3 is 6.18 Å². The van der Waals surface area contributed by atoms with Gasteiger partial charge in [0, 0.05) is 29.5 Å². The van der Waals surface area contributed by atoms with Gasteiger partial charge in [0.15, 0.2) is 11.5 Å². The van der Waals surface area contributed by atoms with E-state index in [1.807, 2.05) is 0 Å². The van der Waals surface area contributed by atoms with Gasteiger partial charge in [0.1, 0.15) is 18.5 Å². The van der Waals surface area contributed by atoms with E-state index in [2.05, 4.69) is 30.6 Å². The molecule has 0 aliphatic heterocycles. The molecule has 0 aliphatic rings. The van der Waals surface area contributed by atoms with Gasteiger partial charge in [-0.05, 0) is 13.0 Å². The maximum absolute atomic E-state index is 13.2. The Hall–Kier alpha value is -4.20. The fourth-order valence-electron chi connectivity index (χ4n) is 3.23. The second-order valence-electron chi connectivity index (χ2n) is 7.38. The molecule has 4 rings (SSSR count). The number of nitrogens with zero attached hydrogens (tertiary/aromatic N) is 7. The van der Waals surface area contributed by atoms with Crippen LogP contribution in [0.1, 0.15) is 34.6 Å². The Morgan fingerprint density at radius 1 is 1.18 bits per heavy atom. The van der Waals surface area contributed by atoms with Crippen molar-refractivity contribution in [3.8, 4) is 0 Å². The zero-order valence-corrected chi connectivity index (χ0v) is 17.6. The first kappa shape index (κ1) is 23.0. The van der Waals surface area contributed by atoms with Crippen molar-refractivity contribution in [2.24, 2.45) is 0 Å². The molecule has 0 saturated carbocycles. The summed E-state index contributed by atoms with van der Waals surface area (Å²) in [6, 6.07) is 1.05. The fraction of sp³-hybridized carbons (Fsp3) is 0.250. The van der Waals surface area contributed by atoms with Gasteiger partial charge in [-0.2, -0.15) is 13.2 Å². The van der Waals surface area contributed by atoms with Crippen LogP contribution in [0.2, 0.25) is 0 Å². The quantitative estimate of drug-likeness (QED) is 0.387. The van der Waals surface area contributed by atoms with Crippen molar-refractivity contribution in [1.82, 2.24) is 34.5 Å². The summed E-state index contributed by atoms with van der Waals surface area (Å²) in [6.45, 7) is 1.08. The molecule has 0 unspecified atom stereocenters. The molecule has 176 valence electrons. The Labute approximate surface area is 189 Å². The highest BCUT2D eigenvalue weighted by Gasteiger charge is 2.34. The average Bonchev–Trinajstić information content (AvgIpc) is 3.43. The van der Waals surface area contributed by atoms with Crippen LogP contribution < -0.4 is 5.32 Å². The summed E-state index contributed by atoms with van der Waals surface area (Å²) >= 11 is 0. The van der Waals surface area contributed by atoms with Crippen molar-refractivity contribution in [3.63, 3.8) is 0 Å². The van der Waals surface area contributed by atoms with Crippen LogP contribution in [0.3, 0.4) is 0 Å². The first-order valence-electron chi connectivity index (χ1n) is 9.85. The number of aromatic nitrogens is 7. The van der Waals surface area contributed by atoms with Gasteiger partial charge in [-0.15, -0.1) is 5.10 Å². The highest BCUT2D eigenvalue weighted by molar-refractivity contribution is 6.16. The lowest BCUT2D eigenvalue weighted by molar-refractivity contribution is -0.141. The van der Waals surface area contributed by atoms with Gasteiger partial charge < -0.3 is 15.0 Å². The number of hydrogen-bond donors (Lipinski definition) is 2. The summed E-state index contributed by atoms with van der Waals surface area (Å²) < 4.78 is 40.3. The molecule has 0 spiro atoms. The van der Waals surface area contributed by atoms with Crippen LogP contribution in [-0.4, -0.2) is 57.9 Å². The van der Waals surface area contributed by atoms with Gasteiger partial charge in [-0.1, -0.05) is 5.21 Å². The predicted molar refractivity (Wildman–Crippen MR) is 111 cm³/mol. The lowest BCUT2D eigenvalue weighted by Crippen LogP contribution is -2.19. The van der Waals surface area contributed by atoms with E-state index < -0.39 is 30.1 Å². The van der Waals surface area contributed by atoms with E-state index in [0.29, 0.717) is 17.2 Å². The number of alkyl halides is 3. The lowest BCUT2D eigenvalue weighted by atomic mass is 10.1. The SMILES string of the molecule is C[C@@H](CO)n1cc(C(=O)c2cncc(NC(=O)Cn3cc(C(F)(F)F)nn3)c2)c2cncnc21. The van der Waals surface area contributed by atoms with Gasteiger partial charge in [-0.3, -0.25) is 14.6 Å². The summed E-state index contributed by atoms with van der Waals surface area (Å²) in [4.78, 5) is 37.6. The van der Waals surface area contributed by atoms with Crippen molar-refractivity contribution in [3.05, 3.63) is 60.2 Å². The molecule has 0 radical (unpaired) electrons. The van der Waals surface area contributed by atoms with Crippen molar-refractivity contribution < 1.29 is 27.9 Å². The number of fused-ring (bicyclic) bond motifs is 1. The Kier molecular flexibility index (Phi) is 6.06. The number of anilines is 1. The molecular formula is C20H17F3N8O3. The van der Waals surface area contributed by atoms with Crippen LogP contribution in [0, 0.1) is 0 Å². The van der Waals surface area contributed by atoms with E-state index in [9.17, 15) is 27.9 Å². The summed E-state index contributed by atoms with van der Waals surface area (Å²) in [5.41, 5.74) is -0.145. The molecule has 1 atom stereocenters. The minimum absolute atomic E-state index is 0.150. The Morgan fingerprint density at radius 3 is 2.68 bits per heavy atom. The van der Waals surface area contributed by atoms with Crippen molar-refractivity contribution in [1.29, 1.82) is 0 Å². The van der Waals surface area contributed by atoms with E-state index in [1.54, 1.807) is 17.7 Å². The number of halogens is 3. The standard InChI is InChI=1S/C20H17F3N8O3/c1-11(9-32)31-6-15(14-5-25-10-26-19(14)31)18(34)12-2-13(4-24-3-12)27-17(33)8-30-7-16(28-29-30)20(21,22)23/h2-7,10-11,32H,8-9H2,1H3,(H,27,33)/t11-/m0/s1. The number of aliphatic hydroxyl groups is 1. The van der Waals surface area contributed by atoms with E-state index in [-0.39, 0.29) is 29.5 Å². The smallest absolute Gasteiger partial charge is 0.394 e. The highest BCUT2D eigenvalue weighted by atomic mass is 19.4. The zero-order valence-electron chi connectivity index (χ0n) is 17.6. The Morgan fingerprint density at radius 2 is 1.97 bits per heavy atom. The number of pyridine rings is 1. The molecule has 34 heavy (non-hydrogen) atoms. The molecule has 0 saturated heterocycles. The minimum Gasteiger partial charge on any atom is -0.394 e. The van der Waals surface area contributed by atoms with Crippen LogP contribution in [0.4, 0.5) is 18.9 Å². The molecule has 1 amide bonds. The summed E-state index contributed by atoms with van der Waals surface area (Å²) in [7, 11) is 0. The third-order valence-electron chi connectivity index (χ3n) is 4.90. The molecule has 11 nitrogen and oxygen atoms in total. The zero-order chi connectivity index (χ0) is 24.5. The second kappa shape index (κ2) is 8.97. The van der Waals surface area contributed by atoms with Crippen LogP contribution >= 0.6 is 0 Å². The third kappa shape index (κ3) is 4.61. The summed E-state index contributed by atoms with van der Waals surface area (Å²) in [6.07, 6.45) is 2.94. The van der Waals surface area contributed by atoms with Gasteiger partial charge in [0.25, 0.3) is 0 Å². The second-order valence-corrected chi connectivity index (χ2v) is 7.38. The number of carbonyl (C=O) groups is 2. The molecule has 2 N–H and O–H groups in total. The average molecular weight is 474 g/mol. The first-order valence-corrected chi connectivity index (χ1v) is 9.85. The summed E-state index contributed by atoms with van der Waals surface area (Å²) in [5, 5.41) is 18.7. The lowest BCUT2D eigenvalue weighted by Gasteiger charge is -2.10. The largest absolute Gasteiger partial charge is 0.436 e. The Balaban J connectivity index is 1.54. The molecule has 0 fully saturated rings. The molecule has 4 heterocycles. The molecule has 0 aromatic carbocycles. The summed E-state index contributed by atoms with van der Waals surface area (Å²) in [5.74, 6) is -1.11. The number of amides is 1. The third-order valence-corrected chi connectivity index (χ3v) is 4.90. The molecule has 4 aromatic rings. The Bertz CT molecular complexity index is 1360. The predicted octanol–water partition coefficient (Wildman–Crippen LogP) is 1.86.